The van der Waals surface area contributed by atoms with Crippen molar-refractivity contribution in [1.82, 2.24) is 5.32 Å². The molecule has 0 saturated carbocycles. The molecule has 0 aromatic heterocycles. The molecule has 0 aliphatic rings. The summed E-state index contributed by atoms with van der Waals surface area (Å²) in [4.78, 5) is 11.2. The van der Waals surface area contributed by atoms with Gasteiger partial charge in [0.1, 0.15) is 0 Å². The summed E-state index contributed by atoms with van der Waals surface area (Å²) in [5.41, 5.74) is 6.76. The van der Waals surface area contributed by atoms with E-state index in [9.17, 15) is 4.79 Å². The van der Waals surface area contributed by atoms with Crippen LogP contribution in [0.3, 0.4) is 0 Å². The molecule has 0 bridgehead atoms. The van der Waals surface area contributed by atoms with Gasteiger partial charge >= 0.3 is 0 Å². The number of benzene rings is 1. The lowest BCUT2D eigenvalue weighted by Gasteiger charge is -2.08. The normalized spacial score (nSPS) is 12.4. The topological polar surface area (TPSA) is 75.3 Å². The van der Waals surface area contributed by atoms with Crippen LogP contribution in [0.25, 0.3) is 0 Å². The molecule has 1 aromatic rings. The summed E-state index contributed by atoms with van der Waals surface area (Å²) in [6, 6.07) is 7.31. The number of aliphatic hydroxyl groups is 1. The molecule has 0 spiro atoms. The zero-order valence-corrected chi connectivity index (χ0v) is 10.1. The van der Waals surface area contributed by atoms with Crippen LogP contribution in [0.5, 0.6) is 0 Å². The highest BCUT2D eigenvalue weighted by Gasteiger charge is 2.06. The summed E-state index contributed by atoms with van der Waals surface area (Å²) in [5, 5.41) is 12.3. The van der Waals surface area contributed by atoms with E-state index in [0.29, 0.717) is 12.1 Å². The van der Waals surface area contributed by atoms with Crippen molar-refractivity contribution < 1.29 is 9.90 Å². The number of aliphatic hydroxyl groups excluding tert-OH is 1. The molecule has 0 heterocycles. The molecule has 1 amide bonds. The molecule has 4 nitrogen and oxygen atoms in total. The number of nitrogens with two attached hydrogens (primary N) is 1. The molecule has 1 rings (SSSR count). The van der Waals surface area contributed by atoms with E-state index in [1.807, 2.05) is 12.1 Å². The first kappa shape index (κ1) is 13.7. The fourth-order valence-corrected chi connectivity index (χ4v) is 1.66. The molecule has 0 aliphatic heterocycles. The third-order valence-corrected chi connectivity index (χ3v) is 2.57. The second kappa shape index (κ2) is 7.04. The Bertz CT molecular complexity index is 364. The van der Waals surface area contributed by atoms with Gasteiger partial charge in [0.25, 0.3) is 0 Å². The van der Waals surface area contributed by atoms with E-state index in [1.54, 1.807) is 19.1 Å². The number of rotatable bonds is 7. The molecule has 0 saturated heterocycles. The van der Waals surface area contributed by atoms with E-state index in [2.05, 4.69) is 5.32 Å². The summed E-state index contributed by atoms with van der Waals surface area (Å²) in [7, 11) is 0. The first-order valence-corrected chi connectivity index (χ1v) is 5.87. The van der Waals surface area contributed by atoms with Crippen molar-refractivity contribution in [2.45, 2.75) is 32.4 Å². The van der Waals surface area contributed by atoms with Crippen molar-refractivity contribution in [3.05, 3.63) is 35.4 Å². The van der Waals surface area contributed by atoms with Gasteiger partial charge in [-0.2, -0.15) is 0 Å². The zero-order chi connectivity index (χ0) is 12.7. The molecule has 1 aromatic carbocycles. The van der Waals surface area contributed by atoms with Crippen molar-refractivity contribution in [2.75, 3.05) is 6.54 Å². The Labute approximate surface area is 102 Å². The molecule has 4 N–H and O–H groups in total. The van der Waals surface area contributed by atoms with Gasteiger partial charge in [0.05, 0.1) is 6.10 Å². The van der Waals surface area contributed by atoms with Gasteiger partial charge in [-0.05, 0) is 37.9 Å². The molecule has 94 valence electrons. The Morgan fingerprint density at radius 1 is 1.47 bits per heavy atom. The molecule has 0 radical (unpaired) electrons. The van der Waals surface area contributed by atoms with Gasteiger partial charge in [-0.1, -0.05) is 18.2 Å². The Hall–Kier alpha value is -1.39. The minimum absolute atomic E-state index is 0.255. The Morgan fingerprint density at radius 3 is 2.82 bits per heavy atom. The third-order valence-electron chi connectivity index (χ3n) is 2.57. The quantitative estimate of drug-likeness (QED) is 0.619. The second-order valence-electron chi connectivity index (χ2n) is 4.19. The van der Waals surface area contributed by atoms with Crippen molar-refractivity contribution in [3.8, 4) is 0 Å². The highest BCUT2D eigenvalue weighted by Crippen LogP contribution is 2.07. The van der Waals surface area contributed by atoms with Gasteiger partial charge < -0.3 is 16.2 Å². The SMILES string of the molecule is CC(O)CCCNCc1ccccc1C(N)=O. The third kappa shape index (κ3) is 4.97. The molecule has 4 heteroatoms. The average Bonchev–Trinajstić information content (AvgIpc) is 2.28. The van der Waals surface area contributed by atoms with Crippen molar-refractivity contribution in [3.63, 3.8) is 0 Å². The minimum Gasteiger partial charge on any atom is -0.393 e. The summed E-state index contributed by atoms with van der Waals surface area (Å²) in [6.07, 6.45) is 1.44. The number of nitrogens with one attached hydrogen (secondary N) is 1. The van der Waals surface area contributed by atoms with Crippen molar-refractivity contribution >= 4 is 5.91 Å². The monoisotopic (exact) mass is 236 g/mol. The fourth-order valence-electron chi connectivity index (χ4n) is 1.66. The van der Waals surface area contributed by atoms with Gasteiger partial charge in [-0.3, -0.25) is 4.79 Å². The number of primary amides is 1. The predicted molar refractivity (Wildman–Crippen MR) is 67.6 cm³/mol. The standard InChI is InChI=1S/C13H20N2O2/c1-10(16)5-4-8-15-9-11-6-2-3-7-12(11)13(14)17/h2-3,6-7,10,15-16H,4-5,8-9H2,1H3,(H2,14,17). The highest BCUT2D eigenvalue weighted by atomic mass is 16.3. The van der Waals surface area contributed by atoms with E-state index < -0.39 is 5.91 Å². The zero-order valence-electron chi connectivity index (χ0n) is 10.1. The number of hydrogen-bond acceptors (Lipinski definition) is 3. The smallest absolute Gasteiger partial charge is 0.249 e. The van der Waals surface area contributed by atoms with Crippen LogP contribution in [-0.4, -0.2) is 23.7 Å². The van der Waals surface area contributed by atoms with Crippen LogP contribution in [0, 0.1) is 0 Å². The number of hydrogen-bond donors (Lipinski definition) is 3. The predicted octanol–water partition coefficient (Wildman–Crippen LogP) is 1.04. The summed E-state index contributed by atoms with van der Waals surface area (Å²) >= 11 is 0. The van der Waals surface area contributed by atoms with E-state index in [1.165, 1.54) is 0 Å². The minimum atomic E-state index is -0.397. The average molecular weight is 236 g/mol. The summed E-state index contributed by atoms with van der Waals surface area (Å²) in [5.74, 6) is -0.397. The molecule has 17 heavy (non-hydrogen) atoms. The molecule has 1 atom stereocenters. The summed E-state index contributed by atoms with van der Waals surface area (Å²) in [6.45, 7) is 3.22. The van der Waals surface area contributed by atoms with Crippen molar-refractivity contribution in [2.24, 2.45) is 5.73 Å². The number of carbonyl (C=O) groups is 1. The van der Waals surface area contributed by atoms with Gasteiger partial charge in [-0.25, -0.2) is 0 Å². The van der Waals surface area contributed by atoms with E-state index in [0.717, 1.165) is 24.9 Å². The number of carbonyl (C=O) groups excluding carboxylic acids is 1. The maximum Gasteiger partial charge on any atom is 0.249 e. The lowest BCUT2D eigenvalue weighted by atomic mass is 10.1. The van der Waals surface area contributed by atoms with Gasteiger partial charge in [0, 0.05) is 12.1 Å². The Kier molecular flexibility index (Phi) is 5.66. The van der Waals surface area contributed by atoms with Crippen LogP contribution >= 0.6 is 0 Å². The second-order valence-corrected chi connectivity index (χ2v) is 4.19. The molecule has 1 unspecified atom stereocenters. The fraction of sp³-hybridized carbons (Fsp3) is 0.462. The molecular weight excluding hydrogens is 216 g/mol. The Morgan fingerprint density at radius 2 is 2.18 bits per heavy atom. The first-order chi connectivity index (χ1) is 8.11. The van der Waals surface area contributed by atoms with Crippen LogP contribution in [0.15, 0.2) is 24.3 Å². The Balaban J connectivity index is 2.39. The molecular formula is C13H20N2O2. The molecule has 0 aliphatic carbocycles. The van der Waals surface area contributed by atoms with Gasteiger partial charge in [-0.15, -0.1) is 0 Å². The van der Waals surface area contributed by atoms with E-state index in [-0.39, 0.29) is 6.10 Å². The molecule has 0 fully saturated rings. The number of amides is 1. The maximum absolute atomic E-state index is 11.2. The van der Waals surface area contributed by atoms with Crippen LogP contribution in [0.1, 0.15) is 35.7 Å². The lowest BCUT2D eigenvalue weighted by molar-refractivity contribution is 0.0999. The van der Waals surface area contributed by atoms with Crippen LogP contribution in [-0.2, 0) is 6.54 Å². The highest BCUT2D eigenvalue weighted by molar-refractivity contribution is 5.94. The summed E-state index contributed by atoms with van der Waals surface area (Å²) < 4.78 is 0. The van der Waals surface area contributed by atoms with Gasteiger partial charge in [0.2, 0.25) is 5.91 Å². The van der Waals surface area contributed by atoms with Crippen LogP contribution in [0.2, 0.25) is 0 Å². The first-order valence-electron chi connectivity index (χ1n) is 5.87. The van der Waals surface area contributed by atoms with E-state index >= 15 is 0 Å². The van der Waals surface area contributed by atoms with E-state index in [4.69, 9.17) is 10.8 Å². The van der Waals surface area contributed by atoms with Crippen molar-refractivity contribution in [1.29, 1.82) is 0 Å². The van der Waals surface area contributed by atoms with Crippen LogP contribution in [0.4, 0.5) is 0 Å². The maximum atomic E-state index is 11.2. The largest absolute Gasteiger partial charge is 0.393 e. The van der Waals surface area contributed by atoms with Crippen LogP contribution < -0.4 is 11.1 Å². The van der Waals surface area contributed by atoms with Gasteiger partial charge in [0.15, 0.2) is 0 Å². The lowest BCUT2D eigenvalue weighted by Crippen LogP contribution is -2.20.